The van der Waals surface area contributed by atoms with E-state index < -0.39 is 0 Å². The molecular weight excluding hydrogens is 369 g/mol. The summed E-state index contributed by atoms with van der Waals surface area (Å²) in [7, 11) is 0. The number of para-hydroxylation sites is 1. The average molecular weight is 380 g/mol. The van der Waals surface area contributed by atoms with E-state index >= 15 is 0 Å². The highest BCUT2D eigenvalue weighted by Crippen LogP contribution is 2.23. The fourth-order valence-electron chi connectivity index (χ4n) is 2.01. The van der Waals surface area contributed by atoms with Crippen molar-refractivity contribution in [3.8, 4) is 5.69 Å². The molecule has 22 heavy (non-hydrogen) atoms. The van der Waals surface area contributed by atoms with Gasteiger partial charge in [-0.3, -0.25) is 4.79 Å². The smallest absolute Gasteiger partial charge is 0.265 e. The quantitative estimate of drug-likeness (QED) is 0.732. The van der Waals surface area contributed by atoms with Gasteiger partial charge in [0.2, 0.25) is 0 Å². The van der Waals surface area contributed by atoms with E-state index in [1.807, 2.05) is 5.38 Å². The summed E-state index contributed by atoms with van der Waals surface area (Å²) in [6.45, 7) is 1.78. The molecule has 0 atom stereocenters. The second-order valence-electron chi connectivity index (χ2n) is 4.59. The molecular formula is C15H11BrFN3OS. The van der Waals surface area contributed by atoms with Gasteiger partial charge in [0.05, 0.1) is 22.5 Å². The number of hydrogen-bond acceptors (Lipinski definition) is 3. The van der Waals surface area contributed by atoms with Crippen LogP contribution in [-0.2, 0) is 0 Å². The maximum atomic E-state index is 13.8. The predicted octanol–water partition coefficient (Wildman–Crippen LogP) is 4.40. The van der Waals surface area contributed by atoms with E-state index in [1.54, 1.807) is 31.2 Å². The summed E-state index contributed by atoms with van der Waals surface area (Å²) in [4.78, 5) is 12.7. The second-order valence-corrected chi connectivity index (χ2v) is 6.42. The lowest BCUT2D eigenvalue weighted by Gasteiger charge is -2.07. The summed E-state index contributed by atoms with van der Waals surface area (Å²) < 4.78 is 16.2. The summed E-state index contributed by atoms with van der Waals surface area (Å²) in [6, 6.07) is 8.11. The van der Waals surface area contributed by atoms with Crippen molar-refractivity contribution in [1.82, 2.24) is 9.78 Å². The van der Waals surface area contributed by atoms with E-state index in [9.17, 15) is 9.18 Å². The van der Waals surface area contributed by atoms with Crippen molar-refractivity contribution in [3.63, 3.8) is 0 Å². The van der Waals surface area contributed by atoms with Crippen molar-refractivity contribution in [1.29, 1.82) is 0 Å². The van der Waals surface area contributed by atoms with Gasteiger partial charge >= 0.3 is 0 Å². The van der Waals surface area contributed by atoms with Crippen molar-refractivity contribution in [2.24, 2.45) is 0 Å². The Morgan fingerprint density at radius 1 is 1.41 bits per heavy atom. The number of nitrogens with one attached hydrogen (secondary N) is 1. The summed E-state index contributed by atoms with van der Waals surface area (Å²) in [5.74, 6) is -0.583. The van der Waals surface area contributed by atoms with E-state index in [1.165, 1.54) is 28.3 Å². The van der Waals surface area contributed by atoms with Crippen molar-refractivity contribution < 1.29 is 9.18 Å². The third kappa shape index (κ3) is 2.82. The minimum absolute atomic E-state index is 0.216. The van der Waals surface area contributed by atoms with Gasteiger partial charge in [-0.25, -0.2) is 9.07 Å². The largest absolute Gasteiger partial charge is 0.318 e. The zero-order valence-electron chi connectivity index (χ0n) is 11.5. The number of aromatic nitrogens is 2. The molecule has 0 unspecified atom stereocenters. The van der Waals surface area contributed by atoms with Crippen LogP contribution in [0.1, 0.15) is 15.4 Å². The van der Waals surface area contributed by atoms with Crippen LogP contribution in [0.3, 0.4) is 0 Å². The number of halogens is 2. The fraction of sp³-hybridized carbons (Fsp3) is 0.0667. The summed E-state index contributed by atoms with van der Waals surface area (Å²) in [5.41, 5.74) is 1.56. The molecule has 112 valence electrons. The number of benzene rings is 1. The van der Waals surface area contributed by atoms with Crippen LogP contribution < -0.4 is 5.32 Å². The van der Waals surface area contributed by atoms with Gasteiger partial charge in [-0.1, -0.05) is 12.1 Å². The monoisotopic (exact) mass is 379 g/mol. The molecule has 0 saturated heterocycles. The van der Waals surface area contributed by atoms with Gasteiger partial charge in [0.25, 0.3) is 5.91 Å². The number of carbonyl (C=O) groups excluding carboxylic acids is 1. The number of anilines is 1. The van der Waals surface area contributed by atoms with Gasteiger partial charge in [-0.05, 0) is 41.1 Å². The van der Waals surface area contributed by atoms with Gasteiger partial charge in [0.15, 0.2) is 0 Å². The molecule has 0 aliphatic carbocycles. The van der Waals surface area contributed by atoms with Crippen LogP contribution in [0, 0.1) is 12.7 Å². The zero-order chi connectivity index (χ0) is 15.7. The minimum atomic E-state index is -0.367. The molecule has 0 bridgehead atoms. The van der Waals surface area contributed by atoms with Crippen LogP contribution in [0.15, 0.2) is 46.4 Å². The minimum Gasteiger partial charge on any atom is -0.318 e. The van der Waals surface area contributed by atoms with Gasteiger partial charge in [0, 0.05) is 9.85 Å². The molecule has 1 amide bonds. The highest BCUT2D eigenvalue weighted by Gasteiger charge is 2.15. The first kappa shape index (κ1) is 14.9. The van der Waals surface area contributed by atoms with E-state index in [0.29, 0.717) is 21.9 Å². The van der Waals surface area contributed by atoms with Crippen molar-refractivity contribution in [2.75, 3.05) is 5.32 Å². The SMILES string of the molecule is Cc1c(NC(=O)c2cc(Br)cs2)cnn1-c1ccccc1F. The van der Waals surface area contributed by atoms with E-state index in [0.717, 1.165) is 4.47 Å². The van der Waals surface area contributed by atoms with Gasteiger partial charge in [-0.2, -0.15) is 5.10 Å². The Labute approximate surface area is 138 Å². The van der Waals surface area contributed by atoms with Crippen molar-refractivity contribution in [2.45, 2.75) is 6.92 Å². The molecule has 3 rings (SSSR count). The van der Waals surface area contributed by atoms with Crippen molar-refractivity contribution in [3.05, 3.63) is 62.8 Å². The highest BCUT2D eigenvalue weighted by molar-refractivity contribution is 9.10. The van der Waals surface area contributed by atoms with Crippen LogP contribution in [0.5, 0.6) is 0 Å². The van der Waals surface area contributed by atoms with E-state index in [-0.39, 0.29) is 11.7 Å². The summed E-state index contributed by atoms with van der Waals surface area (Å²) in [6.07, 6.45) is 1.52. The Morgan fingerprint density at radius 3 is 2.86 bits per heavy atom. The molecule has 0 radical (unpaired) electrons. The first-order chi connectivity index (χ1) is 10.6. The molecule has 7 heteroatoms. The Balaban J connectivity index is 1.88. The number of thiophene rings is 1. The van der Waals surface area contributed by atoms with Crippen LogP contribution in [0.4, 0.5) is 10.1 Å². The molecule has 0 fully saturated rings. The molecule has 0 saturated carbocycles. The van der Waals surface area contributed by atoms with Crippen LogP contribution in [-0.4, -0.2) is 15.7 Å². The van der Waals surface area contributed by atoms with Gasteiger partial charge < -0.3 is 5.32 Å². The normalized spacial score (nSPS) is 10.7. The zero-order valence-corrected chi connectivity index (χ0v) is 13.9. The molecule has 1 aromatic carbocycles. The van der Waals surface area contributed by atoms with Crippen LogP contribution in [0.2, 0.25) is 0 Å². The lowest BCUT2D eigenvalue weighted by atomic mass is 10.3. The number of amides is 1. The molecule has 4 nitrogen and oxygen atoms in total. The van der Waals surface area contributed by atoms with E-state index in [4.69, 9.17) is 0 Å². The third-order valence-corrected chi connectivity index (χ3v) is 4.82. The van der Waals surface area contributed by atoms with Gasteiger partial charge in [-0.15, -0.1) is 11.3 Å². The fourth-order valence-corrected chi connectivity index (χ4v) is 3.34. The number of nitrogens with zero attached hydrogens (tertiary/aromatic N) is 2. The Morgan fingerprint density at radius 2 is 2.18 bits per heavy atom. The predicted molar refractivity (Wildman–Crippen MR) is 88.2 cm³/mol. The molecule has 2 aromatic heterocycles. The topological polar surface area (TPSA) is 46.9 Å². The first-order valence-corrected chi connectivity index (χ1v) is 8.08. The van der Waals surface area contributed by atoms with Gasteiger partial charge in [0.1, 0.15) is 11.5 Å². The third-order valence-electron chi connectivity index (χ3n) is 3.13. The number of carbonyl (C=O) groups is 1. The molecule has 0 spiro atoms. The molecule has 2 heterocycles. The average Bonchev–Trinajstić information content (AvgIpc) is 3.07. The first-order valence-electron chi connectivity index (χ1n) is 6.41. The second kappa shape index (κ2) is 6.02. The molecule has 0 aliphatic rings. The molecule has 0 aliphatic heterocycles. The molecule has 1 N–H and O–H groups in total. The Bertz CT molecular complexity index is 843. The summed E-state index contributed by atoms with van der Waals surface area (Å²) >= 11 is 4.66. The number of rotatable bonds is 3. The standard InChI is InChI=1S/C15H11BrFN3OS/c1-9-12(19-15(21)14-6-10(16)8-22-14)7-18-20(9)13-5-3-2-4-11(13)17/h2-8H,1H3,(H,19,21). The van der Waals surface area contributed by atoms with Crippen LogP contribution in [0.25, 0.3) is 5.69 Å². The summed E-state index contributed by atoms with van der Waals surface area (Å²) in [5, 5.41) is 8.79. The Hall–Kier alpha value is -1.99. The molecule has 3 aromatic rings. The lowest BCUT2D eigenvalue weighted by Crippen LogP contribution is -2.11. The van der Waals surface area contributed by atoms with E-state index in [2.05, 4.69) is 26.3 Å². The Kier molecular flexibility index (Phi) is 4.08. The maximum Gasteiger partial charge on any atom is 0.265 e. The maximum absolute atomic E-state index is 13.8. The lowest BCUT2D eigenvalue weighted by molar-refractivity contribution is 0.103. The van der Waals surface area contributed by atoms with Crippen molar-refractivity contribution >= 4 is 38.9 Å². The van der Waals surface area contributed by atoms with Crippen LogP contribution >= 0.6 is 27.3 Å². The highest BCUT2D eigenvalue weighted by atomic mass is 79.9. The number of hydrogen-bond donors (Lipinski definition) is 1.